The standard InChI is InChI=1S/C19H23FN4O2/c1-21-15-10-22-18(23-11-15)19(25)24-8-7-17(26-2)14(12-24)9-13-5-3-4-6-16(13)20/h3-6,10-11,14,17,21H,7-9,12H2,1-2H3/t14-,17-/m1/s1. The fourth-order valence-corrected chi connectivity index (χ4v) is 3.36. The molecule has 1 N–H and O–H groups in total. The van der Waals surface area contributed by atoms with Crippen LogP contribution in [0.4, 0.5) is 10.1 Å². The van der Waals surface area contributed by atoms with E-state index in [1.165, 1.54) is 6.07 Å². The van der Waals surface area contributed by atoms with Crippen LogP contribution in [0.25, 0.3) is 0 Å². The van der Waals surface area contributed by atoms with Crippen molar-refractivity contribution >= 4 is 11.6 Å². The number of nitrogens with zero attached hydrogens (tertiary/aromatic N) is 3. The molecule has 0 aliphatic carbocycles. The summed E-state index contributed by atoms with van der Waals surface area (Å²) in [6.45, 7) is 1.06. The lowest BCUT2D eigenvalue weighted by Gasteiger charge is -2.37. The van der Waals surface area contributed by atoms with E-state index >= 15 is 0 Å². The molecule has 0 unspecified atom stereocenters. The number of carbonyl (C=O) groups excluding carboxylic acids is 1. The van der Waals surface area contributed by atoms with Crippen molar-refractivity contribution in [2.75, 3.05) is 32.6 Å². The van der Waals surface area contributed by atoms with Crippen LogP contribution in [-0.2, 0) is 11.2 Å². The molecule has 6 nitrogen and oxygen atoms in total. The van der Waals surface area contributed by atoms with Crippen molar-refractivity contribution in [2.45, 2.75) is 18.9 Å². The molecule has 0 bridgehead atoms. The van der Waals surface area contributed by atoms with Gasteiger partial charge in [-0.3, -0.25) is 4.79 Å². The van der Waals surface area contributed by atoms with Gasteiger partial charge in [0.15, 0.2) is 0 Å². The summed E-state index contributed by atoms with van der Waals surface area (Å²) in [6, 6.07) is 6.74. The van der Waals surface area contributed by atoms with Gasteiger partial charge in [0.05, 0.1) is 24.2 Å². The molecule has 3 rings (SSSR count). The molecular formula is C19H23FN4O2. The Morgan fingerprint density at radius 2 is 2.08 bits per heavy atom. The number of aromatic nitrogens is 2. The highest BCUT2D eigenvalue weighted by Crippen LogP contribution is 2.25. The van der Waals surface area contributed by atoms with Gasteiger partial charge in [0.25, 0.3) is 5.91 Å². The summed E-state index contributed by atoms with van der Waals surface area (Å²) < 4.78 is 19.6. The van der Waals surface area contributed by atoms with E-state index < -0.39 is 0 Å². The van der Waals surface area contributed by atoms with Crippen molar-refractivity contribution in [3.05, 3.63) is 53.9 Å². The molecule has 1 amide bonds. The van der Waals surface area contributed by atoms with Gasteiger partial charge in [0.1, 0.15) is 5.82 Å². The minimum Gasteiger partial charge on any atom is -0.386 e. The number of hydrogen-bond donors (Lipinski definition) is 1. The SMILES string of the molecule is CNc1cnc(C(=O)N2CC[C@@H](OC)[C@H](Cc3ccccc3F)C2)nc1. The Morgan fingerprint density at radius 3 is 2.73 bits per heavy atom. The normalized spacial score (nSPS) is 20.0. The maximum absolute atomic E-state index is 14.0. The lowest BCUT2D eigenvalue weighted by molar-refractivity contribution is -0.00357. The van der Waals surface area contributed by atoms with Crippen LogP contribution in [0.3, 0.4) is 0 Å². The molecule has 1 aliphatic heterocycles. The number of rotatable bonds is 5. The molecule has 0 saturated carbocycles. The zero-order valence-electron chi connectivity index (χ0n) is 15.0. The van der Waals surface area contributed by atoms with Crippen LogP contribution in [0.1, 0.15) is 22.6 Å². The van der Waals surface area contributed by atoms with Gasteiger partial charge in [0, 0.05) is 33.2 Å². The molecule has 2 heterocycles. The first-order valence-corrected chi connectivity index (χ1v) is 8.67. The number of likely N-dealkylation sites (tertiary alicyclic amines) is 1. The third kappa shape index (κ3) is 3.99. The number of amides is 1. The minimum atomic E-state index is -0.225. The first kappa shape index (κ1) is 18.3. The van der Waals surface area contributed by atoms with E-state index in [0.29, 0.717) is 31.5 Å². The molecule has 7 heteroatoms. The predicted octanol–water partition coefficient (Wildman–Crippen LogP) is 2.38. The van der Waals surface area contributed by atoms with Crippen molar-refractivity contribution in [3.63, 3.8) is 0 Å². The van der Waals surface area contributed by atoms with Gasteiger partial charge in [-0.25, -0.2) is 14.4 Å². The summed E-state index contributed by atoms with van der Waals surface area (Å²) in [6.07, 6.45) is 4.38. The Bertz CT molecular complexity index is 753. The van der Waals surface area contributed by atoms with Crippen LogP contribution in [-0.4, -0.2) is 54.1 Å². The highest BCUT2D eigenvalue weighted by atomic mass is 19.1. The first-order valence-electron chi connectivity index (χ1n) is 8.67. The summed E-state index contributed by atoms with van der Waals surface area (Å²) in [4.78, 5) is 22.7. The second-order valence-corrected chi connectivity index (χ2v) is 6.41. The largest absolute Gasteiger partial charge is 0.386 e. The number of benzene rings is 1. The van der Waals surface area contributed by atoms with Crippen molar-refractivity contribution in [1.29, 1.82) is 0 Å². The topological polar surface area (TPSA) is 67.4 Å². The highest BCUT2D eigenvalue weighted by molar-refractivity contribution is 5.90. The second-order valence-electron chi connectivity index (χ2n) is 6.41. The third-order valence-electron chi connectivity index (χ3n) is 4.83. The van der Waals surface area contributed by atoms with Crippen LogP contribution in [0.15, 0.2) is 36.7 Å². The molecule has 0 spiro atoms. The molecule has 2 aromatic rings. The molecule has 2 atom stereocenters. The molecule has 1 aromatic carbocycles. The number of piperidine rings is 1. The number of ether oxygens (including phenoxy) is 1. The third-order valence-corrected chi connectivity index (χ3v) is 4.83. The van der Waals surface area contributed by atoms with Gasteiger partial charge in [-0.15, -0.1) is 0 Å². The number of nitrogens with one attached hydrogen (secondary N) is 1. The van der Waals surface area contributed by atoms with Gasteiger partial charge in [-0.2, -0.15) is 0 Å². The average molecular weight is 358 g/mol. The summed E-state index contributed by atoms with van der Waals surface area (Å²) in [7, 11) is 3.43. The van der Waals surface area contributed by atoms with Crippen LogP contribution >= 0.6 is 0 Å². The monoisotopic (exact) mass is 358 g/mol. The zero-order valence-corrected chi connectivity index (χ0v) is 15.0. The lowest BCUT2D eigenvalue weighted by Crippen LogP contribution is -2.47. The maximum Gasteiger partial charge on any atom is 0.291 e. The Morgan fingerprint density at radius 1 is 1.35 bits per heavy atom. The summed E-state index contributed by atoms with van der Waals surface area (Å²) in [5.74, 6) is -0.242. The zero-order chi connectivity index (χ0) is 18.5. The first-order chi connectivity index (χ1) is 12.6. The molecular weight excluding hydrogens is 335 g/mol. The average Bonchev–Trinajstić information content (AvgIpc) is 2.69. The maximum atomic E-state index is 14.0. The van der Waals surface area contributed by atoms with Gasteiger partial charge in [-0.1, -0.05) is 18.2 Å². The molecule has 138 valence electrons. The van der Waals surface area contributed by atoms with Gasteiger partial charge in [-0.05, 0) is 24.5 Å². The molecule has 0 radical (unpaired) electrons. The number of carbonyl (C=O) groups is 1. The van der Waals surface area contributed by atoms with E-state index in [1.54, 1.807) is 43.6 Å². The van der Waals surface area contributed by atoms with Gasteiger partial charge < -0.3 is 15.0 Å². The summed E-state index contributed by atoms with van der Waals surface area (Å²) in [5.41, 5.74) is 1.39. The van der Waals surface area contributed by atoms with Crippen molar-refractivity contribution < 1.29 is 13.9 Å². The van der Waals surface area contributed by atoms with Crippen LogP contribution in [0.5, 0.6) is 0 Å². The Hall–Kier alpha value is -2.54. The number of methoxy groups -OCH3 is 1. The molecule has 1 saturated heterocycles. The summed E-state index contributed by atoms with van der Waals surface area (Å²) in [5, 5.41) is 2.92. The van der Waals surface area contributed by atoms with Crippen molar-refractivity contribution in [2.24, 2.45) is 5.92 Å². The molecule has 1 aliphatic rings. The molecule has 1 aromatic heterocycles. The van der Waals surface area contributed by atoms with Gasteiger partial charge in [0.2, 0.25) is 5.82 Å². The highest BCUT2D eigenvalue weighted by Gasteiger charge is 2.33. The fraction of sp³-hybridized carbons (Fsp3) is 0.421. The quantitative estimate of drug-likeness (QED) is 0.889. The van der Waals surface area contributed by atoms with E-state index in [2.05, 4.69) is 15.3 Å². The number of anilines is 1. The second kappa shape index (κ2) is 8.23. The fourth-order valence-electron chi connectivity index (χ4n) is 3.36. The van der Waals surface area contributed by atoms with E-state index in [9.17, 15) is 9.18 Å². The van der Waals surface area contributed by atoms with Gasteiger partial charge >= 0.3 is 0 Å². The van der Waals surface area contributed by atoms with E-state index in [0.717, 1.165) is 5.69 Å². The van der Waals surface area contributed by atoms with Crippen LogP contribution in [0, 0.1) is 11.7 Å². The molecule has 1 fully saturated rings. The number of hydrogen-bond acceptors (Lipinski definition) is 5. The number of halogens is 1. The van der Waals surface area contributed by atoms with Crippen molar-refractivity contribution in [1.82, 2.24) is 14.9 Å². The van der Waals surface area contributed by atoms with Crippen LogP contribution < -0.4 is 5.32 Å². The van der Waals surface area contributed by atoms with Crippen molar-refractivity contribution in [3.8, 4) is 0 Å². The van der Waals surface area contributed by atoms with E-state index in [1.807, 2.05) is 6.07 Å². The van der Waals surface area contributed by atoms with Crippen LogP contribution in [0.2, 0.25) is 0 Å². The Kier molecular flexibility index (Phi) is 5.78. The molecule has 26 heavy (non-hydrogen) atoms. The Balaban J connectivity index is 1.73. The predicted molar refractivity (Wildman–Crippen MR) is 96.5 cm³/mol. The van der Waals surface area contributed by atoms with E-state index in [4.69, 9.17) is 4.74 Å². The van der Waals surface area contributed by atoms with E-state index in [-0.39, 0.29) is 29.6 Å². The lowest BCUT2D eigenvalue weighted by atomic mass is 9.88. The minimum absolute atomic E-state index is 0.00811. The Labute approximate surface area is 152 Å². The summed E-state index contributed by atoms with van der Waals surface area (Å²) >= 11 is 0. The smallest absolute Gasteiger partial charge is 0.291 e.